The molecule has 0 saturated carbocycles. The minimum absolute atomic E-state index is 0.647. The average Bonchev–Trinajstić information content (AvgIpc) is 2.59. The van der Waals surface area contributed by atoms with E-state index in [0.29, 0.717) is 16.8 Å². The molecule has 0 spiro atoms. The third kappa shape index (κ3) is 2.44. The summed E-state index contributed by atoms with van der Waals surface area (Å²) < 4.78 is 0. The van der Waals surface area contributed by atoms with Crippen molar-refractivity contribution in [2.75, 3.05) is 12.3 Å². The van der Waals surface area contributed by atoms with Crippen molar-refractivity contribution in [2.24, 2.45) is 0 Å². The van der Waals surface area contributed by atoms with E-state index in [1.807, 2.05) is 12.1 Å². The zero-order valence-corrected chi connectivity index (χ0v) is 9.80. The van der Waals surface area contributed by atoms with Crippen LogP contribution in [0.4, 0.5) is 5.69 Å². The van der Waals surface area contributed by atoms with Crippen LogP contribution in [0.2, 0.25) is 5.02 Å². The number of rotatable bonds is 2. The highest BCUT2D eigenvalue weighted by atomic mass is 35.5. The van der Waals surface area contributed by atoms with Gasteiger partial charge in [0.25, 0.3) is 0 Å². The van der Waals surface area contributed by atoms with Crippen molar-refractivity contribution in [3.63, 3.8) is 0 Å². The number of halogens is 1. The Bertz CT molecular complexity index is 351. The van der Waals surface area contributed by atoms with Gasteiger partial charge in [0.2, 0.25) is 0 Å². The molecule has 2 N–H and O–H groups in total. The molecule has 1 unspecified atom stereocenters. The molecular formula is C12H17ClN2. The van der Waals surface area contributed by atoms with E-state index in [9.17, 15) is 0 Å². The van der Waals surface area contributed by atoms with Crippen LogP contribution in [0.25, 0.3) is 0 Å². The largest absolute Gasteiger partial charge is 0.398 e. The minimum Gasteiger partial charge on any atom is -0.398 e. The maximum atomic E-state index is 5.89. The van der Waals surface area contributed by atoms with Gasteiger partial charge in [0, 0.05) is 12.6 Å². The molecule has 1 aliphatic heterocycles. The molecule has 1 atom stereocenters. The molecule has 1 fully saturated rings. The van der Waals surface area contributed by atoms with Crippen LogP contribution in [-0.4, -0.2) is 17.5 Å². The molecule has 0 aromatic heterocycles. The molecule has 2 rings (SSSR count). The first-order valence-corrected chi connectivity index (χ1v) is 5.82. The van der Waals surface area contributed by atoms with E-state index in [1.54, 1.807) is 0 Å². The number of anilines is 1. The summed E-state index contributed by atoms with van der Waals surface area (Å²) in [7, 11) is 0. The second-order valence-corrected chi connectivity index (χ2v) is 4.72. The van der Waals surface area contributed by atoms with Gasteiger partial charge in [-0.1, -0.05) is 17.7 Å². The zero-order valence-electron chi connectivity index (χ0n) is 9.04. The van der Waals surface area contributed by atoms with Crippen molar-refractivity contribution in [1.82, 2.24) is 4.90 Å². The van der Waals surface area contributed by atoms with Crippen LogP contribution in [0.5, 0.6) is 0 Å². The number of nitrogens with two attached hydrogens (primary N) is 1. The third-order valence-corrected chi connectivity index (χ3v) is 3.48. The molecule has 2 nitrogen and oxygen atoms in total. The van der Waals surface area contributed by atoms with Gasteiger partial charge in [0.15, 0.2) is 0 Å². The molecule has 15 heavy (non-hydrogen) atoms. The van der Waals surface area contributed by atoms with Crippen molar-refractivity contribution >= 4 is 17.3 Å². The Balaban J connectivity index is 2.07. The Morgan fingerprint density at radius 1 is 1.53 bits per heavy atom. The Morgan fingerprint density at radius 3 is 2.93 bits per heavy atom. The van der Waals surface area contributed by atoms with Crippen LogP contribution in [0, 0.1) is 0 Å². The van der Waals surface area contributed by atoms with Crippen molar-refractivity contribution in [2.45, 2.75) is 32.4 Å². The summed E-state index contributed by atoms with van der Waals surface area (Å²) in [5, 5.41) is 0.647. The van der Waals surface area contributed by atoms with Gasteiger partial charge in [0.1, 0.15) is 0 Å². The SMILES string of the molecule is CC1CCCN1Cc1ccc(Cl)c(N)c1. The highest BCUT2D eigenvalue weighted by molar-refractivity contribution is 6.33. The van der Waals surface area contributed by atoms with Gasteiger partial charge >= 0.3 is 0 Å². The second-order valence-electron chi connectivity index (χ2n) is 4.32. The summed E-state index contributed by atoms with van der Waals surface area (Å²) in [6.07, 6.45) is 2.62. The van der Waals surface area contributed by atoms with E-state index in [0.717, 1.165) is 6.54 Å². The lowest BCUT2D eigenvalue weighted by molar-refractivity contribution is 0.260. The van der Waals surface area contributed by atoms with Crippen molar-refractivity contribution < 1.29 is 0 Å². The average molecular weight is 225 g/mol. The number of nitrogen functional groups attached to an aromatic ring is 1. The maximum Gasteiger partial charge on any atom is 0.0635 e. The number of benzene rings is 1. The first-order valence-electron chi connectivity index (χ1n) is 5.45. The van der Waals surface area contributed by atoms with E-state index in [2.05, 4.69) is 17.9 Å². The second kappa shape index (κ2) is 4.42. The van der Waals surface area contributed by atoms with Crippen molar-refractivity contribution in [3.05, 3.63) is 28.8 Å². The van der Waals surface area contributed by atoms with Crippen molar-refractivity contribution in [3.8, 4) is 0 Å². The summed E-state index contributed by atoms with van der Waals surface area (Å²) in [5.41, 5.74) is 7.72. The molecule has 1 aliphatic rings. The monoisotopic (exact) mass is 224 g/mol. The fourth-order valence-corrected chi connectivity index (χ4v) is 2.27. The predicted molar refractivity (Wildman–Crippen MR) is 65.0 cm³/mol. The molecule has 0 amide bonds. The Kier molecular flexibility index (Phi) is 3.17. The number of likely N-dealkylation sites (tertiary alicyclic amines) is 1. The van der Waals surface area contributed by atoms with Crippen LogP contribution < -0.4 is 5.73 Å². The van der Waals surface area contributed by atoms with Crippen LogP contribution in [-0.2, 0) is 6.54 Å². The fraction of sp³-hybridized carbons (Fsp3) is 0.500. The summed E-state index contributed by atoms with van der Waals surface area (Å²) in [6.45, 7) is 4.47. The molecule has 1 heterocycles. The lowest BCUT2D eigenvalue weighted by Crippen LogP contribution is -2.26. The molecule has 0 bridgehead atoms. The molecule has 0 radical (unpaired) electrons. The normalized spacial score (nSPS) is 22.1. The number of nitrogens with zero attached hydrogens (tertiary/aromatic N) is 1. The molecule has 1 aromatic carbocycles. The fourth-order valence-electron chi connectivity index (χ4n) is 2.15. The minimum atomic E-state index is 0.647. The zero-order chi connectivity index (χ0) is 10.8. The maximum absolute atomic E-state index is 5.89. The molecule has 82 valence electrons. The highest BCUT2D eigenvalue weighted by Crippen LogP contribution is 2.23. The van der Waals surface area contributed by atoms with Crippen LogP contribution in [0.3, 0.4) is 0 Å². The van der Waals surface area contributed by atoms with Crippen molar-refractivity contribution in [1.29, 1.82) is 0 Å². The summed E-state index contributed by atoms with van der Waals surface area (Å²) in [5.74, 6) is 0. The van der Waals surface area contributed by atoms with Gasteiger partial charge in [-0.3, -0.25) is 4.90 Å². The van der Waals surface area contributed by atoms with Gasteiger partial charge in [0.05, 0.1) is 10.7 Å². The summed E-state index contributed by atoms with van der Waals surface area (Å²) >= 11 is 5.89. The third-order valence-electron chi connectivity index (χ3n) is 3.14. The number of hydrogen-bond donors (Lipinski definition) is 1. The molecule has 0 aliphatic carbocycles. The molecule has 1 saturated heterocycles. The van der Waals surface area contributed by atoms with E-state index in [-0.39, 0.29) is 0 Å². The van der Waals surface area contributed by atoms with E-state index < -0.39 is 0 Å². The quantitative estimate of drug-likeness (QED) is 0.783. The van der Waals surface area contributed by atoms with Gasteiger partial charge in [-0.05, 0) is 44.0 Å². The Morgan fingerprint density at radius 2 is 2.33 bits per heavy atom. The Labute approximate surface area is 96.0 Å². The van der Waals surface area contributed by atoms with Crippen LogP contribution >= 0.6 is 11.6 Å². The summed E-state index contributed by atoms with van der Waals surface area (Å²) in [4.78, 5) is 2.49. The smallest absolute Gasteiger partial charge is 0.0635 e. The predicted octanol–water partition coefficient (Wildman–Crippen LogP) is 2.91. The van der Waals surface area contributed by atoms with Gasteiger partial charge in [-0.25, -0.2) is 0 Å². The van der Waals surface area contributed by atoms with Crippen LogP contribution in [0.1, 0.15) is 25.3 Å². The standard InChI is InChI=1S/C12H17ClN2/c1-9-3-2-6-15(9)8-10-4-5-11(13)12(14)7-10/h4-5,7,9H,2-3,6,8,14H2,1H3. The topological polar surface area (TPSA) is 29.3 Å². The molecular weight excluding hydrogens is 208 g/mol. The Hall–Kier alpha value is -0.730. The first-order chi connectivity index (χ1) is 7.16. The first kappa shape index (κ1) is 10.8. The van der Waals surface area contributed by atoms with Crippen LogP contribution in [0.15, 0.2) is 18.2 Å². The summed E-state index contributed by atoms with van der Waals surface area (Å²) in [6, 6.07) is 6.62. The molecule has 3 heteroatoms. The van der Waals surface area contributed by atoms with E-state index in [4.69, 9.17) is 17.3 Å². The van der Waals surface area contributed by atoms with E-state index in [1.165, 1.54) is 24.9 Å². The lowest BCUT2D eigenvalue weighted by Gasteiger charge is -2.21. The van der Waals surface area contributed by atoms with E-state index >= 15 is 0 Å². The highest BCUT2D eigenvalue weighted by Gasteiger charge is 2.19. The number of hydrogen-bond acceptors (Lipinski definition) is 2. The van der Waals surface area contributed by atoms with Gasteiger partial charge in [-0.15, -0.1) is 0 Å². The van der Waals surface area contributed by atoms with Gasteiger partial charge in [-0.2, -0.15) is 0 Å². The molecule has 1 aromatic rings. The van der Waals surface area contributed by atoms with Gasteiger partial charge < -0.3 is 5.73 Å². The lowest BCUT2D eigenvalue weighted by atomic mass is 10.2.